The summed E-state index contributed by atoms with van der Waals surface area (Å²) in [5.74, 6) is 0. The summed E-state index contributed by atoms with van der Waals surface area (Å²) < 4.78 is 1.75. The average Bonchev–Trinajstić information content (AvgIpc) is 3.09. The Morgan fingerprint density at radius 3 is 3.06 bits per heavy atom. The highest BCUT2D eigenvalue weighted by Crippen LogP contribution is 2.19. The molecule has 0 unspecified atom stereocenters. The summed E-state index contributed by atoms with van der Waals surface area (Å²) in [6, 6.07) is 9.46. The normalized spacial score (nSPS) is 10.2. The molecule has 0 bridgehead atoms. The lowest BCUT2D eigenvalue weighted by molar-refractivity contribution is 0.880. The predicted molar refractivity (Wildman–Crippen MR) is 69.4 cm³/mol. The highest BCUT2D eigenvalue weighted by atomic mass is 32.1. The third kappa shape index (κ3) is 1.90. The van der Waals surface area contributed by atoms with E-state index in [4.69, 9.17) is 5.26 Å². The summed E-state index contributed by atoms with van der Waals surface area (Å²) in [6.07, 6.45) is 3.68. The maximum absolute atomic E-state index is 8.88. The second-order valence-corrected chi connectivity index (χ2v) is 4.43. The summed E-state index contributed by atoms with van der Waals surface area (Å²) in [7, 11) is 0. The van der Waals surface area contributed by atoms with Crippen LogP contribution >= 0.6 is 11.3 Å². The third-order valence-corrected chi connectivity index (χ3v) is 3.14. The highest BCUT2D eigenvalue weighted by Gasteiger charge is 2.05. The Morgan fingerprint density at radius 2 is 2.28 bits per heavy atom. The summed E-state index contributed by atoms with van der Waals surface area (Å²) in [6.45, 7) is 0. The van der Waals surface area contributed by atoms with Crippen molar-refractivity contribution in [1.82, 2.24) is 14.8 Å². The van der Waals surface area contributed by atoms with E-state index in [1.165, 1.54) is 0 Å². The van der Waals surface area contributed by atoms with E-state index in [9.17, 15) is 0 Å². The molecule has 2 heterocycles. The predicted octanol–water partition coefficient (Wildman–Crippen LogP) is 2.87. The number of nitrogens with zero attached hydrogens (tertiary/aromatic N) is 4. The van der Waals surface area contributed by atoms with Gasteiger partial charge in [0, 0.05) is 17.1 Å². The van der Waals surface area contributed by atoms with E-state index in [1.54, 1.807) is 39.9 Å². The summed E-state index contributed by atoms with van der Waals surface area (Å²) in [4.78, 5) is 4.24. The van der Waals surface area contributed by atoms with E-state index in [1.807, 2.05) is 23.7 Å². The van der Waals surface area contributed by atoms with Gasteiger partial charge in [0.1, 0.15) is 0 Å². The van der Waals surface area contributed by atoms with Crippen LogP contribution in [-0.4, -0.2) is 14.8 Å². The number of aromatic nitrogens is 3. The van der Waals surface area contributed by atoms with Crippen molar-refractivity contribution in [3.63, 3.8) is 0 Å². The summed E-state index contributed by atoms with van der Waals surface area (Å²) in [5.41, 5.74) is 5.18. The molecule has 1 aromatic carbocycles. The SMILES string of the molecule is N#Cc1cccc(-n2cc(-c3cscn3)cn2)c1. The minimum atomic E-state index is 0.623. The Balaban J connectivity index is 2.01. The first-order chi connectivity index (χ1) is 8.86. The van der Waals surface area contributed by atoms with Gasteiger partial charge in [0.25, 0.3) is 0 Å². The molecule has 4 nitrogen and oxygen atoms in total. The number of hydrogen-bond acceptors (Lipinski definition) is 4. The standard InChI is InChI=1S/C13H8N4S/c14-5-10-2-1-3-12(4-10)17-7-11(6-16-17)13-8-18-9-15-13/h1-4,6-9H. The highest BCUT2D eigenvalue weighted by molar-refractivity contribution is 7.07. The van der Waals surface area contributed by atoms with Gasteiger partial charge in [0.2, 0.25) is 0 Å². The van der Waals surface area contributed by atoms with Crippen molar-refractivity contribution in [1.29, 1.82) is 5.26 Å². The van der Waals surface area contributed by atoms with Crippen molar-refractivity contribution in [2.45, 2.75) is 0 Å². The molecule has 0 aliphatic rings. The van der Waals surface area contributed by atoms with Gasteiger partial charge in [-0.2, -0.15) is 10.4 Å². The number of nitriles is 1. The molecule has 0 atom stereocenters. The fraction of sp³-hybridized carbons (Fsp3) is 0. The Hall–Kier alpha value is -2.45. The number of rotatable bonds is 2. The van der Waals surface area contributed by atoms with E-state index in [2.05, 4.69) is 16.2 Å². The van der Waals surface area contributed by atoms with Crippen LogP contribution < -0.4 is 0 Å². The molecule has 0 fully saturated rings. The van der Waals surface area contributed by atoms with E-state index >= 15 is 0 Å². The number of hydrogen-bond donors (Lipinski definition) is 0. The molecule has 0 amide bonds. The van der Waals surface area contributed by atoms with Crippen LogP contribution in [0.25, 0.3) is 16.9 Å². The number of thiazole rings is 1. The van der Waals surface area contributed by atoms with Gasteiger partial charge in [-0.05, 0) is 18.2 Å². The Kier molecular flexibility index (Phi) is 2.63. The van der Waals surface area contributed by atoms with Gasteiger partial charge in [0.05, 0.1) is 34.7 Å². The van der Waals surface area contributed by atoms with Crippen molar-refractivity contribution in [2.75, 3.05) is 0 Å². The zero-order chi connectivity index (χ0) is 12.4. The molecule has 5 heteroatoms. The molecule has 0 radical (unpaired) electrons. The van der Waals surface area contributed by atoms with E-state index in [0.717, 1.165) is 16.9 Å². The lowest BCUT2D eigenvalue weighted by Crippen LogP contribution is -1.94. The van der Waals surface area contributed by atoms with E-state index in [-0.39, 0.29) is 0 Å². The van der Waals surface area contributed by atoms with Gasteiger partial charge in [-0.3, -0.25) is 0 Å². The average molecular weight is 252 g/mol. The first-order valence-corrected chi connectivity index (χ1v) is 6.25. The quantitative estimate of drug-likeness (QED) is 0.704. The number of benzene rings is 1. The molecule has 3 rings (SSSR count). The lowest BCUT2D eigenvalue weighted by atomic mass is 10.2. The molecule has 0 N–H and O–H groups in total. The van der Waals surface area contributed by atoms with Crippen molar-refractivity contribution in [2.24, 2.45) is 0 Å². The van der Waals surface area contributed by atoms with Crippen LogP contribution in [0.1, 0.15) is 5.56 Å². The molecule has 0 saturated carbocycles. The van der Waals surface area contributed by atoms with Crippen LogP contribution in [0.4, 0.5) is 0 Å². The monoisotopic (exact) mass is 252 g/mol. The minimum Gasteiger partial charge on any atom is -0.245 e. The van der Waals surface area contributed by atoms with Gasteiger partial charge in [-0.25, -0.2) is 9.67 Å². The van der Waals surface area contributed by atoms with Gasteiger partial charge >= 0.3 is 0 Å². The van der Waals surface area contributed by atoms with Crippen LogP contribution in [0.15, 0.2) is 47.5 Å². The van der Waals surface area contributed by atoms with Crippen molar-refractivity contribution >= 4 is 11.3 Å². The van der Waals surface area contributed by atoms with Gasteiger partial charge in [-0.1, -0.05) is 6.07 Å². The molecule has 0 aliphatic heterocycles. The molecular weight excluding hydrogens is 244 g/mol. The summed E-state index contributed by atoms with van der Waals surface area (Å²) in [5, 5.41) is 15.1. The third-order valence-electron chi connectivity index (χ3n) is 2.55. The molecular formula is C13H8N4S. The Labute approximate surface area is 108 Å². The van der Waals surface area contributed by atoms with Crippen LogP contribution in [0, 0.1) is 11.3 Å². The molecule has 86 valence electrons. The largest absolute Gasteiger partial charge is 0.245 e. The molecule has 0 saturated heterocycles. The first kappa shape index (κ1) is 10.7. The first-order valence-electron chi connectivity index (χ1n) is 5.30. The van der Waals surface area contributed by atoms with Crippen LogP contribution in [-0.2, 0) is 0 Å². The minimum absolute atomic E-state index is 0.623. The fourth-order valence-corrected chi connectivity index (χ4v) is 2.23. The Bertz CT molecular complexity index is 707. The van der Waals surface area contributed by atoms with Crippen molar-refractivity contribution < 1.29 is 0 Å². The topological polar surface area (TPSA) is 54.5 Å². The zero-order valence-electron chi connectivity index (χ0n) is 9.32. The zero-order valence-corrected chi connectivity index (χ0v) is 10.1. The van der Waals surface area contributed by atoms with E-state index in [0.29, 0.717) is 5.56 Å². The van der Waals surface area contributed by atoms with Crippen molar-refractivity contribution in [3.8, 4) is 23.0 Å². The van der Waals surface area contributed by atoms with E-state index < -0.39 is 0 Å². The molecule has 0 aliphatic carbocycles. The fourth-order valence-electron chi connectivity index (χ4n) is 1.67. The maximum Gasteiger partial charge on any atom is 0.0992 e. The molecule has 3 aromatic rings. The maximum atomic E-state index is 8.88. The molecule has 18 heavy (non-hydrogen) atoms. The smallest absolute Gasteiger partial charge is 0.0992 e. The van der Waals surface area contributed by atoms with Crippen molar-refractivity contribution in [3.05, 3.63) is 53.1 Å². The second-order valence-electron chi connectivity index (χ2n) is 3.71. The Morgan fingerprint density at radius 1 is 1.33 bits per heavy atom. The van der Waals surface area contributed by atoms with Gasteiger partial charge in [-0.15, -0.1) is 11.3 Å². The molecule has 2 aromatic heterocycles. The van der Waals surface area contributed by atoms with Crippen LogP contribution in [0.3, 0.4) is 0 Å². The summed E-state index contributed by atoms with van der Waals surface area (Å²) >= 11 is 1.55. The van der Waals surface area contributed by atoms with Gasteiger partial charge in [0.15, 0.2) is 0 Å². The van der Waals surface area contributed by atoms with Gasteiger partial charge < -0.3 is 0 Å². The van der Waals surface area contributed by atoms with Crippen LogP contribution in [0.2, 0.25) is 0 Å². The second kappa shape index (κ2) is 4.43. The lowest BCUT2D eigenvalue weighted by Gasteiger charge is -2.00. The van der Waals surface area contributed by atoms with Crippen LogP contribution in [0.5, 0.6) is 0 Å². The molecule has 0 spiro atoms.